The fraction of sp³-hybridized carbons (Fsp3) is 0.600. The van der Waals surface area contributed by atoms with Gasteiger partial charge in [-0.2, -0.15) is 0 Å². The van der Waals surface area contributed by atoms with Gasteiger partial charge in [0.1, 0.15) is 0 Å². The molecule has 1 fully saturated rings. The van der Waals surface area contributed by atoms with Crippen LogP contribution in [0.1, 0.15) is 32.4 Å². The van der Waals surface area contributed by atoms with Gasteiger partial charge in [0.05, 0.1) is 0 Å². The highest BCUT2D eigenvalue weighted by Crippen LogP contribution is 2.24. The highest BCUT2D eigenvalue weighted by molar-refractivity contribution is 6.30. The lowest BCUT2D eigenvalue weighted by Gasteiger charge is -2.39. The summed E-state index contributed by atoms with van der Waals surface area (Å²) in [6, 6.07) is 9.31. The first-order valence-electron chi connectivity index (χ1n) is 6.81. The predicted octanol–water partition coefficient (Wildman–Crippen LogP) is 3.33. The lowest BCUT2D eigenvalue weighted by atomic mass is 9.99. The minimum absolute atomic E-state index is 0.464. The Hall–Kier alpha value is -0.570. The Morgan fingerprint density at radius 1 is 1.22 bits per heavy atom. The van der Waals surface area contributed by atoms with E-state index in [9.17, 15) is 0 Å². The third kappa shape index (κ3) is 3.25. The maximum absolute atomic E-state index is 5.94. The van der Waals surface area contributed by atoms with E-state index in [-0.39, 0.29) is 0 Å². The van der Waals surface area contributed by atoms with Gasteiger partial charge in [0.2, 0.25) is 0 Å². The van der Waals surface area contributed by atoms with Crippen LogP contribution in [0.5, 0.6) is 0 Å². The lowest BCUT2D eigenvalue weighted by molar-refractivity contribution is 0.135. The first-order valence-corrected chi connectivity index (χ1v) is 7.18. The summed E-state index contributed by atoms with van der Waals surface area (Å²) in [6.07, 6.45) is 0. The second-order valence-electron chi connectivity index (χ2n) is 5.53. The molecule has 1 saturated heterocycles. The van der Waals surface area contributed by atoms with E-state index in [1.807, 2.05) is 12.1 Å². The highest BCUT2D eigenvalue weighted by atomic mass is 35.5. The van der Waals surface area contributed by atoms with Gasteiger partial charge in [-0.25, -0.2) is 0 Å². The van der Waals surface area contributed by atoms with E-state index in [2.05, 4.69) is 43.1 Å². The van der Waals surface area contributed by atoms with E-state index in [0.717, 1.165) is 24.7 Å². The Morgan fingerprint density at radius 2 is 1.89 bits per heavy atom. The van der Waals surface area contributed by atoms with Gasteiger partial charge in [0, 0.05) is 36.7 Å². The Balaban J connectivity index is 2.04. The smallest absolute Gasteiger partial charge is 0.0406 e. The van der Waals surface area contributed by atoms with E-state index in [0.29, 0.717) is 18.0 Å². The standard InChI is InChI=1S/C15H23ClN2/c1-11(2)15-10-18(9-8-17-15)12(3)13-4-6-14(16)7-5-13/h4-7,11-12,15,17H,8-10H2,1-3H3. The van der Waals surface area contributed by atoms with E-state index in [1.165, 1.54) is 5.56 Å². The number of piperazine rings is 1. The SMILES string of the molecule is CC(C)C1CN(C(C)c2ccc(Cl)cc2)CCN1. The van der Waals surface area contributed by atoms with Crippen LogP contribution in [0.3, 0.4) is 0 Å². The average Bonchev–Trinajstić information content (AvgIpc) is 2.39. The Kier molecular flexibility index (Phi) is 4.66. The maximum Gasteiger partial charge on any atom is 0.0406 e. The van der Waals surface area contributed by atoms with E-state index in [1.54, 1.807) is 0 Å². The fourth-order valence-corrected chi connectivity index (χ4v) is 2.68. The summed E-state index contributed by atoms with van der Waals surface area (Å²) in [5, 5.41) is 4.41. The molecule has 2 nitrogen and oxygen atoms in total. The molecule has 0 aliphatic carbocycles. The molecule has 100 valence electrons. The molecular weight excluding hydrogens is 244 g/mol. The Bertz CT molecular complexity index is 375. The third-order valence-electron chi connectivity index (χ3n) is 3.94. The molecule has 0 saturated carbocycles. The molecule has 1 aliphatic heterocycles. The second kappa shape index (κ2) is 6.05. The maximum atomic E-state index is 5.94. The van der Waals surface area contributed by atoms with Gasteiger partial charge in [-0.1, -0.05) is 37.6 Å². The van der Waals surface area contributed by atoms with Gasteiger partial charge in [-0.05, 0) is 30.5 Å². The van der Waals surface area contributed by atoms with Gasteiger partial charge < -0.3 is 5.32 Å². The molecule has 1 aromatic carbocycles. The zero-order valence-corrected chi connectivity index (χ0v) is 12.2. The molecule has 2 atom stereocenters. The molecule has 0 amide bonds. The molecule has 2 rings (SSSR count). The zero-order chi connectivity index (χ0) is 13.1. The first-order chi connectivity index (χ1) is 8.58. The minimum atomic E-state index is 0.464. The van der Waals surface area contributed by atoms with E-state index < -0.39 is 0 Å². The van der Waals surface area contributed by atoms with Gasteiger partial charge in [0.25, 0.3) is 0 Å². The molecule has 1 aliphatic rings. The van der Waals surface area contributed by atoms with Gasteiger partial charge in [-0.3, -0.25) is 4.90 Å². The quantitative estimate of drug-likeness (QED) is 0.903. The summed E-state index contributed by atoms with van der Waals surface area (Å²) >= 11 is 5.94. The van der Waals surface area contributed by atoms with Crippen molar-refractivity contribution in [3.63, 3.8) is 0 Å². The molecule has 3 heteroatoms. The predicted molar refractivity (Wildman–Crippen MR) is 78.1 cm³/mol. The van der Waals surface area contributed by atoms with Crippen molar-refractivity contribution in [3.05, 3.63) is 34.9 Å². The molecule has 1 aromatic rings. The van der Waals surface area contributed by atoms with Crippen molar-refractivity contribution in [1.82, 2.24) is 10.2 Å². The van der Waals surface area contributed by atoms with Gasteiger partial charge in [-0.15, -0.1) is 0 Å². The molecule has 0 spiro atoms. The summed E-state index contributed by atoms with van der Waals surface area (Å²) in [5.41, 5.74) is 1.35. The summed E-state index contributed by atoms with van der Waals surface area (Å²) < 4.78 is 0. The molecule has 0 bridgehead atoms. The number of nitrogens with one attached hydrogen (secondary N) is 1. The molecule has 1 N–H and O–H groups in total. The fourth-order valence-electron chi connectivity index (χ4n) is 2.55. The van der Waals surface area contributed by atoms with Crippen LogP contribution < -0.4 is 5.32 Å². The van der Waals surface area contributed by atoms with Crippen LogP contribution in [-0.4, -0.2) is 30.6 Å². The lowest BCUT2D eigenvalue weighted by Crippen LogP contribution is -2.53. The highest BCUT2D eigenvalue weighted by Gasteiger charge is 2.25. The zero-order valence-electron chi connectivity index (χ0n) is 11.5. The van der Waals surface area contributed by atoms with Gasteiger partial charge >= 0.3 is 0 Å². The number of rotatable bonds is 3. The molecule has 18 heavy (non-hydrogen) atoms. The molecular formula is C15H23ClN2. The van der Waals surface area contributed by atoms with Crippen LogP contribution in [0.25, 0.3) is 0 Å². The first kappa shape index (κ1) is 13.9. The second-order valence-corrected chi connectivity index (χ2v) is 5.96. The Labute approximate surface area is 115 Å². The minimum Gasteiger partial charge on any atom is -0.311 e. The largest absolute Gasteiger partial charge is 0.311 e. The number of hydrogen-bond acceptors (Lipinski definition) is 2. The van der Waals surface area contributed by atoms with Crippen molar-refractivity contribution < 1.29 is 0 Å². The van der Waals surface area contributed by atoms with Crippen molar-refractivity contribution in [2.45, 2.75) is 32.9 Å². The van der Waals surface area contributed by atoms with Crippen molar-refractivity contribution in [1.29, 1.82) is 0 Å². The van der Waals surface area contributed by atoms with Crippen LogP contribution in [0.15, 0.2) is 24.3 Å². The topological polar surface area (TPSA) is 15.3 Å². The van der Waals surface area contributed by atoms with Crippen LogP contribution in [0, 0.1) is 5.92 Å². The number of halogens is 1. The summed E-state index contributed by atoms with van der Waals surface area (Å²) in [4.78, 5) is 2.56. The summed E-state index contributed by atoms with van der Waals surface area (Å²) in [5.74, 6) is 0.685. The van der Waals surface area contributed by atoms with E-state index >= 15 is 0 Å². The molecule has 0 radical (unpaired) electrons. The van der Waals surface area contributed by atoms with Crippen molar-refractivity contribution >= 4 is 11.6 Å². The average molecular weight is 267 g/mol. The van der Waals surface area contributed by atoms with Crippen LogP contribution in [-0.2, 0) is 0 Å². The molecule has 1 heterocycles. The summed E-state index contributed by atoms with van der Waals surface area (Å²) in [6.45, 7) is 10.2. The normalized spacial score (nSPS) is 23.3. The van der Waals surface area contributed by atoms with E-state index in [4.69, 9.17) is 11.6 Å². The van der Waals surface area contributed by atoms with Crippen molar-refractivity contribution in [3.8, 4) is 0 Å². The number of nitrogens with zero attached hydrogens (tertiary/aromatic N) is 1. The number of benzene rings is 1. The van der Waals surface area contributed by atoms with Crippen LogP contribution in [0.4, 0.5) is 0 Å². The molecule has 2 unspecified atom stereocenters. The third-order valence-corrected chi connectivity index (χ3v) is 4.19. The van der Waals surface area contributed by atoms with Crippen molar-refractivity contribution in [2.75, 3.05) is 19.6 Å². The Morgan fingerprint density at radius 3 is 2.50 bits per heavy atom. The molecule has 0 aromatic heterocycles. The summed E-state index contributed by atoms with van der Waals surface area (Å²) in [7, 11) is 0. The van der Waals surface area contributed by atoms with Crippen LogP contribution in [0.2, 0.25) is 5.02 Å². The van der Waals surface area contributed by atoms with Crippen molar-refractivity contribution in [2.24, 2.45) is 5.92 Å². The monoisotopic (exact) mass is 266 g/mol. The number of hydrogen-bond donors (Lipinski definition) is 1. The van der Waals surface area contributed by atoms with Crippen LogP contribution >= 0.6 is 11.6 Å². The van der Waals surface area contributed by atoms with Gasteiger partial charge in [0.15, 0.2) is 0 Å².